The quantitative estimate of drug-likeness (QED) is 0.832. The molecule has 0 aliphatic carbocycles. The Morgan fingerprint density at radius 1 is 1.69 bits per heavy atom. The summed E-state index contributed by atoms with van der Waals surface area (Å²) in [5.74, 6) is 0.963. The number of ether oxygens (including phenoxy) is 1. The Balaban J connectivity index is 1.94. The van der Waals surface area contributed by atoms with Crippen LogP contribution in [0.15, 0.2) is 12.4 Å². The van der Waals surface area contributed by atoms with Crippen molar-refractivity contribution in [1.29, 1.82) is 0 Å². The molecule has 0 bridgehead atoms. The Morgan fingerprint density at radius 3 is 3.25 bits per heavy atom. The van der Waals surface area contributed by atoms with Crippen molar-refractivity contribution in [3.05, 3.63) is 12.4 Å². The lowest BCUT2D eigenvalue weighted by Crippen LogP contribution is -2.31. The van der Waals surface area contributed by atoms with Gasteiger partial charge in [0.25, 0.3) is 0 Å². The molecule has 4 nitrogen and oxygen atoms in total. The lowest BCUT2D eigenvalue weighted by molar-refractivity contribution is 0.0993. The highest BCUT2D eigenvalue weighted by atomic mass is 16.5. The van der Waals surface area contributed by atoms with E-state index in [9.17, 15) is 0 Å². The third-order valence-electron chi connectivity index (χ3n) is 3.06. The summed E-state index contributed by atoms with van der Waals surface area (Å²) in [5, 5.41) is 3.44. The summed E-state index contributed by atoms with van der Waals surface area (Å²) in [4.78, 5) is 4.34. The second kappa shape index (κ2) is 5.34. The van der Waals surface area contributed by atoms with Crippen LogP contribution in [-0.2, 0) is 11.3 Å². The molecule has 1 aliphatic rings. The van der Waals surface area contributed by atoms with Gasteiger partial charge in [0.1, 0.15) is 0 Å². The Morgan fingerprint density at radius 2 is 2.56 bits per heavy atom. The molecule has 0 saturated carbocycles. The average Bonchev–Trinajstić information content (AvgIpc) is 2.90. The third-order valence-corrected chi connectivity index (χ3v) is 3.06. The maximum atomic E-state index is 5.66. The lowest BCUT2D eigenvalue weighted by atomic mass is 10.1. The van der Waals surface area contributed by atoms with Crippen molar-refractivity contribution in [2.75, 3.05) is 11.9 Å². The molecule has 1 aromatic rings. The smallest absolute Gasteiger partial charge is 0.203 e. The summed E-state index contributed by atoms with van der Waals surface area (Å²) in [7, 11) is 0. The van der Waals surface area contributed by atoms with Gasteiger partial charge in [-0.2, -0.15) is 0 Å². The molecule has 1 saturated heterocycles. The average molecular weight is 223 g/mol. The van der Waals surface area contributed by atoms with E-state index in [1.54, 1.807) is 0 Å². The summed E-state index contributed by atoms with van der Waals surface area (Å²) < 4.78 is 7.82. The van der Waals surface area contributed by atoms with E-state index in [2.05, 4.69) is 28.7 Å². The molecule has 1 aromatic heterocycles. The van der Waals surface area contributed by atoms with Gasteiger partial charge < -0.3 is 14.6 Å². The summed E-state index contributed by atoms with van der Waals surface area (Å²) >= 11 is 0. The normalized spacial score (nSPS) is 22.2. The SMILES string of the molecule is CCCn1ccnc1NC(C)C1CCCO1. The largest absolute Gasteiger partial charge is 0.376 e. The number of aromatic nitrogens is 2. The summed E-state index contributed by atoms with van der Waals surface area (Å²) in [5.41, 5.74) is 0. The van der Waals surface area contributed by atoms with Crippen molar-refractivity contribution >= 4 is 5.95 Å². The number of nitrogens with zero attached hydrogens (tertiary/aromatic N) is 2. The highest BCUT2D eigenvalue weighted by Crippen LogP contribution is 2.18. The number of imidazole rings is 1. The van der Waals surface area contributed by atoms with E-state index in [-0.39, 0.29) is 0 Å². The van der Waals surface area contributed by atoms with Crippen molar-refractivity contribution in [2.24, 2.45) is 0 Å². The highest BCUT2D eigenvalue weighted by Gasteiger charge is 2.23. The van der Waals surface area contributed by atoms with Gasteiger partial charge in [0, 0.05) is 25.5 Å². The van der Waals surface area contributed by atoms with Crippen LogP contribution in [0.2, 0.25) is 0 Å². The van der Waals surface area contributed by atoms with Crippen molar-refractivity contribution in [2.45, 2.75) is 51.8 Å². The number of hydrogen-bond acceptors (Lipinski definition) is 3. The molecular weight excluding hydrogens is 202 g/mol. The number of rotatable bonds is 5. The number of aryl methyl sites for hydroxylation is 1. The first-order chi connectivity index (χ1) is 7.81. The molecule has 2 heterocycles. The van der Waals surface area contributed by atoms with Crippen molar-refractivity contribution < 1.29 is 4.74 Å². The zero-order chi connectivity index (χ0) is 11.4. The van der Waals surface area contributed by atoms with Gasteiger partial charge in [-0.25, -0.2) is 4.98 Å². The van der Waals surface area contributed by atoms with E-state index in [0.29, 0.717) is 12.1 Å². The highest BCUT2D eigenvalue weighted by molar-refractivity contribution is 5.27. The number of nitrogens with one attached hydrogen (secondary N) is 1. The Hall–Kier alpha value is -1.03. The van der Waals surface area contributed by atoms with Crippen LogP contribution < -0.4 is 5.32 Å². The minimum Gasteiger partial charge on any atom is -0.376 e. The molecule has 1 aliphatic heterocycles. The van der Waals surface area contributed by atoms with Gasteiger partial charge in [-0.3, -0.25) is 0 Å². The minimum absolute atomic E-state index is 0.334. The fourth-order valence-electron chi connectivity index (χ4n) is 2.16. The predicted molar refractivity (Wildman–Crippen MR) is 64.6 cm³/mol. The van der Waals surface area contributed by atoms with Crippen LogP contribution >= 0.6 is 0 Å². The monoisotopic (exact) mass is 223 g/mol. The molecule has 0 radical (unpaired) electrons. The number of anilines is 1. The van der Waals surface area contributed by atoms with E-state index >= 15 is 0 Å². The summed E-state index contributed by atoms with van der Waals surface area (Å²) in [6.45, 7) is 6.26. The molecule has 0 spiro atoms. The molecule has 0 aromatic carbocycles. The van der Waals surface area contributed by atoms with Crippen LogP contribution in [0.5, 0.6) is 0 Å². The van der Waals surface area contributed by atoms with E-state index in [1.807, 2.05) is 12.4 Å². The third kappa shape index (κ3) is 2.55. The minimum atomic E-state index is 0.334. The molecule has 4 heteroatoms. The topological polar surface area (TPSA) is 39.1 Å². The first kappa shape index (κ1) is 11.5. The van der Waals surface area contributed by atoms with E-state index in [4.69, 9.17) is 4.74 Å². The van der Waals surface area contributed by atoms with Gasteiger partial charge in [0.2, 0.25) is 5.95 Å². The van der Waals surface area contributed by atoms with Gasteiger partial charge >= 0.3 is 0 Å². The van der Waals surface area contributed by atoms with Crippen LogP contribution in [0, 0.1) is 0 Å². The summed E-state index contributed by atoms with van der Waals surface area (Å²) in [6, 6.07) is 0.334. The van der Waals surface area contributed by atoms with Crippen molar-refractivity contribution in [1.82, 2.24) is 9.55 Å². The maximum absolute atomic E-state index is 5.66. The zero-order valence-corrected chi connectivity index (χ0v) is 10.1. The molecule has 16 heavy (non-hydrogen) atoms. The van der Waals surface area contributed by atoms with Gasteiger partial charge in [-0.1, -0.05) is 6.92 Å². The predicted octanol–water partition coefficient (Wildman–Crippen LogP) is 2.27. The first-order valence-electron chi connectivity index (χ1n) is 6.20. The Labute approximate surface area is 97.0 Å². The Kier molecular flexibility index (Phi) is 3.83. The second-order valence-corrected chi connectivity index (χ2v) is 4.43. The molecule has 2 rings (SSSR count). The van der Waals surface area contributed by atoms with Crippen LogP contribution in [0.25, 0.3) is 0 Å². The van der Waals surface area contributed by atoms with E-state index in [1.165, 1.54) is 6.42 Å². The number of hydrogen-bond donors (Lipinski definition) is 1. The molecule has 0 amide bonds. The Bertz CT molecular complexity index is 318. The molecular formula is C12H21N3O. The van der Waals surface area contributed by atoms with Crippen LogP contribution in [0.1, 0.15) is 33.1 Å². The molecule has 1 fully saturated rings. The zero-order valence-electron chi connectivity index (χ0n) is 10.1. The first-order valence-corrected chi connectivity index (χ1v) is 6.20. The fraction of sp³-hybridized carbons (Fsp3) is 0.750. The summed E-state index contributed by atoms with van der Waals surface area (Å²) in [6.07, 6.45) is 7.67. The van der Waals surface area contributed by atoms with E-state index in [0.717, 1.165) is 31.9 Å². The van der Waals surface area contributed by atoms with Gasteiger partial charge in [-0.05, 0) is 26.2 Å². The molecule has 90 valence electrons. The lowest BCUT2D eigenvalue weighted by Gasteiger charge is -2.21. The van der Waals surface area contributed by atoms with Crippen LogP contribution in [0.3, 0.4) is 0 Å². The van der Waals surface area contributed by atoms with Gasteiger partial charge in [-0.15, -0.1) is 0 Å². The van der Waals surface area contributed by atoms with Crippen LogP contribution in [-0.4, -0.2) is 28.3 Å². The van der Waals surface area contributed by atoms with Crippen LogP contribution in [0.4, 0.5) is 5.95 Å². The fourth-order valence-corrected chi connectivity index (χ4v) is 2.16. The molecule has 2 atom stereocenters. The van der Waals surface area contributed by atoms with E-state index < -0.39 is 0 Å². The maximum Gasteiger partial charge on any atom is 0.203 e. The standard InChI is InChI=1S/C12H21N3O/c1-3-7-15-8-6-13-12(15)14-10(2)11-5-4-9-16-11/h6,8,10-11H,3-5,7,9H2,1-2H3,(H,13,14). The van der Waals surface area contributed by atoms with Gasteiger partial charge in [0.05, 0.1) is 12.1 Å². The van der Waals surface area contributed by atoms with Crippen molar-refractivity contribution in [3.8, 4) is 0 Å². The second-order valence-electron chi connectivity index (χ2n) is 4.43. The molecule has 1 N–H and O–H groups in total. The van der Waals surface area contributed by atoms with Gasteiger partial charge in [0.15, 0.2) is 0 Å². The van der Waals surface area contributed by atoms with Crippen molar-refractivity contribution in [3.63, 3.8) is 0 Å². The molecule has 2 unspecified atom stereocenters.